The summed E-state index contributed by atoms with van der Waals surface area (Å²) in [5.41, 5.74) is 3.05. The van der Waals surface area contributed by atoms with Crippen LogP contribution in [-0.4, -0.2) is 18.8 Å². The van der Waals surface area contributed by atoms with Gasteiger partial charge in [-0.25, -0.2) is 0 Å². The Bertz CT molecular complexity index is 423. The molecular formula is C18H28O2. The van der Waals surface area contributed by atoms with Gasteiger partial charge in [0.2, 0.25) is 0 Å². The zero-order valence-corrected chi connectivity index (χ0v) is 13.2. The molecule has 0 amide bonds. The van der Waals surface area contributed by atoms with Gasteiger partial charge in [-0.15, -0.1) is 0 Å². The van der Waals surface area contributed by atoms with Gasteiger partial charge in [-0.2, -0.15) is 0 Å². The van der Waals surface area contributed by atoms with Crippen LogP contribution < -0.4 is 0 Å². The lowest BCUT2D eigenvalue weighted by Crippen LogP contribution is -2.34. The summed E-state index contributed by atoms with van der Waals surface area (Å²) < 4.78 is 11.9. The molecule has 1 aliphatic heterocycles. The first-order valence-electron chi connectivity index (χ1n) is 8.26. The van der Waals surface area contributed by atoms with Crippen molar-refractivity contribution in [3.63, 3.8) is 0 Å². The molecule has 1 saturated carbocycles. The average molecular weight is 276 g/mol. The maximum atomic E-state index is 6.41. The monoisotopic (exact) mass is 276 g/mol. The number of rotatable bonds is 2. The lowest BCUT2D eigenvalue weighted by molar-refractivity contribution is 0.0134. The van der Waals surface area contributed by atoms with Crippen LogP contribution in [0.15, 0.2) is 23.0 Å². The summed E-state index contributed by atoms with van der Waals surface area (Å²) in [6.07, 6.45) is 12.8. The Morgan fingerprint density at radius 3 is 2.50 bits per heavy atom. The fraction of sp³-hybridized carbons (Fsp3) is 0.778. The standard InChI is InChI=1S/C18H28O2/c1-18(2)16-7-5-4-6-14(16)12-17(20-18)13-8-10-15(19-3)11-9-13/h12-13,15H,4-11H2,1-3H3. The van der Waals surface area contributed by atoms with E-state index < -0.39 is 0 Å². The van der Waals surface area contributed by atoms with Crippen molar-refractivity contribution in [3.8, 4) is 0 Å². The molecule has 0 saturated heterocycles. The molecular weight excluding hydrogens is 248 g/mol. The average Bonchev–Trinajstić information content (AvgIpc) is 2.47. The molecule has 20 heavy (non-hydrogen) atoms. The zero-order chi connectivity index (χ0) is 14.2. The fourth-order valence-corrected chi connectivity index (χ4v) is 4.12. The second kappa shape index (κ2) is 5.55. The molecule has 1 heterocycles. The summed E-state index contributed by atoms with van der Waals surface area (Å²) >= 11 is 0. The van der Waals surface area contributed by atoms with Gasteiger partial charge in [-0.3, -0.25) is 0 Å². The van der Waals surface area contributed by atoms with Gasteiger partial charge in [0.05, 0.1) is 6.10 Å². The Hall–Kier alpha value is -0.760. The summed E-state index contributed by atoms with van der Waals surface area (Å²) in [5.74, 6) is 1.86. The van der Waals surface area contributed by atoms with Gasteiger partial charge in [-0.1, -0.05) is 0 Å². The number of hydrogen-bond donors (Lipinski definition) is 0. The van der Waals surface area contributed by atoms with Crippen molar-refractivity contribution in [1.29, 1.82) is 0 Å². The number of allylic oxidation sites excluding steroid dienone is 3. The summed E-state index contributed by atoms with van der Waals surface area (Å²) in [4.78, 5) is 0. The van der Waals surface area contributed by atoms with E-state index in [-0.39, 0.29) is 5.60 Å². The Kier molecular flexibility index (Phi) is 3.94. The van der Waals surface area contributed by atoms with Gasteiger partial charge in [0.25, 0.3) is 0 Å². The molecule has 0 aromatic heterocycles. The molecule has 0 N–H and O–H groups in total. The minimum Gasteiger partial charge on any atom is -0.488 e. The second-order valence-corrected chi connectivity index (χ2v) is 7.08. The van der Waals surface area contributed by atoms with E-state index in [9.17, 15) is 0 Å². The molecule has 3 rings (SSSR count). The lowest BCUT2D eigenvalue weighted by Gasteiger charge is -2.41. The first-order valence-corrected chi connectivity index (χ1v) is 8.26. The summed E-state index contributed by atoms with van der Waals surface area (Å²) in [7, 11) is 1.84. The van der Waals surface area contributed by atoms with Crippen molar-refractivity contribution < 1.29 is 9.47 Å². The van der Waals surface area contributed by atoms with Crippen LogP contribution in [0.2, 0.25) is 0 Å². The van der Waals surface area contributed by atoms with Crippen molar-refractivity contribution in [1.82, 2.24) is 0 Å². The van der Waals surface area contributed by atoms with E-state index in [1.807, 2.05) is 7.11 Å². The fourth-order valence-electron chi connectivity index (χ4n) is 4.12. The molecule has 2 heteroatoms. The van der Waals surface area contributed by atoms with Crippen LogP contribution in [0.3, 0.4) is 0 Å². The number of methoxy groups -OCH3 is 1. The van der Waals surface area contributed by atoms with Crippen LogP contribution in [0, 0.1) is 5.92 Å². The van der Waals surface area contributed by atoms with Crippen LogP contribution in [0.1, 0.15) is 65.2 Å². The topological polar surface area (TPSA) is 18.5 Å². The molecule has 0 spiro atoms. The summed E-state index contributed by atoms with van der Waals surface area (Å²) in [6.45, 7) is 4.50. The first-order chi connectivity index (χ1) is 9.60. The lowest BCUT2D eigenvalue weighted by atomic mass is 9.78. The molecule has 0 bridgehead atoms. The second-order valence-electron chi connectivity index (χ2n) is 7.08. The summed E-state index contributed by atoms with van der Waals surface area (Å²) in [5, 5.41) is 0. The van der Waals surface area contributed by atoms with Crippen LogP contribution in [-0.2, 0) is 9.47 Å². The third-order valence-electron chi connectivity index (χ3n) is 5.34. The maximum Gasteiger partial charge on any atom is 0.124 e. The minimum absolute atomic E-state index is 0.0854. The molecule has 2 aliphatic carbocycles. The Morgan fingerprint density at radius 2 is 1.80 bits per heavy atom. The van der Waals surface area contributed by atoms with Gasteiger partial charge in [-0.05, 0) is 82.4 Å². The van der Waals surface area contributed by atoms with Crippen molar-refractivity contribution in [2.45, 2.75) is 76.9 Å². The van der Waals surface area contributed by atoms with Gasteiger partial charge < -0.3 is 9.47 Å². The maximum absolute atomic E-state index is 6.41. The molecule has 0 radical (unpaired) electrons. The normalized spacial score (nSPS) is 33.2. The van der Waals surface area contributed by atoms with E-state index in [1.54, 1.807) is 11.1 Å². The van der Waals surface area contributed by atoms with Crippen molar-refractivity contribution in [3.05, 3.63) is 23.0 Å². The van der Waals surface area contributed by atoms with Gasteiger partial charge in [0.1, 0.15) is 11.4 Å². The van der Waals surface area contributed by atoms with E-state index in [0.29, 0.717) is 12.0 Å². The van der Waals surface area contributed by atoms with E-state index in [1.165, 1.54) is 57.1 Å². The van der Waals surface area contributed by atoms with Crippen LogP contribution >= 0.6 is 0 Å². The quantitative estimate of drug-likeness (QED) is 0.724. The number of hydrogen-bond acceptors (Lipinski definition) is 2. The smallest absolute Gasteiger partial charge is 0.124 e. The molecule has 0 aromatic carbocycles. The van der Waals surface area contributed by atoms with Crippen LogP contribution in [0.5, 0.6) is 0 Å². The van der Waals surface area contributed by atoms with Crippen LogP contribution in [0.25, 0.3) is 0 Å². The van der Waals surface area contributed by atoms with E-state index >= 15 is 0 Å². The molecule has 1 fully saturated rings. The van der Waals surface area contributed by atoms with Crippen LogP contribution in [0.4, 0.5) is 0 Å². The SMILES string of the molecule is COC1CCC(C2=CC3=C(CCCC3)C(C)(C)O2)CC1. The molecule has 2 nitrogen and oxygen atoms in total. The molecule has 0 atom stereocenters. The van der Waals surface area contributed by atoms with E-state index in [4.69, 9.17) is 9.47 Å². The van der Waals surface area contributed by atoms with Crippen molar-refractivity contribution in [2.75, 3.05) is 7.11 Å². The third kappa shape index (κ3) is 2.67. The predicted octanol–water partition coefficient (Wildman–Crippen LogP) is 4.75. The first kappa shape index (κ1) is 14.2. The molecule has 3 aliphatic rings. The Morgan fingerprint density at radius 1 is 1.10 bits per heavy atom. The van der Waals surface area contributed by atoms with Gasteiger partial charge in [0.15, 0.2) is 0 Å². The van der Waals surface area contributed by atoms with Crippen molar-refractivity contribution >= 4 is 0 Å². The summed E-state index contributed by atoms with van der Waals surface area (Å²) in [6, 6.07) is 0. The highest BCUT2D eigenvalue weighted by Crippen LogP contribution is 2.44. The third-order valence-corrected chi connectivity index (χ3v) is 5.34. The van der Waals surface area contributed by atoms with Gasteiger partial charge >= 0.3 is 0 Å². The van der Waals surface area contributed by atoms with Crippen molar-refractivity contribution in [2.24, 2.45) is 5.92 Å². The minimum atomic E-state index is -0.0854. The van der Waals surface area contributed by atoms with Gasteiger partial charge in [0, 0.05) is 13.0 Å². The molecule has 0 unspecified atom stereocenters. The molecule has 112 valence electrons. The Labute approximate surface area is 123 Å². The highest BCUT2D eigenvalue weighted by atomic mass is 16.5. The highest BCUT2D eigenvalue weighted by Gasteiger charge is 2.36. The number of ether oxygens (including phenoxy) is 2. The molecule has 0 aromatic rings. The zero-order valence-electron chi connectivity index (χ0n) is 13.2. The van der Waals surface area contributed by atoms with E-state index in [2.05, 4.69) is 19.9 Å². The highest BCUT2D eigenvalue weighted by molar-refractivity contribution is 5.38. The van der Waals surface area contributed by atoms with E-state index in [0.717, 1.165) is 0 Å². The largest absolute Gasteiger partial charge is 0.488 e. The Balaban J connectivity index is 1.78. The predicted molar refractivity (Wildman–Crippen MR) is 81.5 cm³/mol.